The van der Waals surface area contributed by atoms with Gasteiger partial charge >= 0.3 is 0 Å². The molecule has 2 N–H and O–H groups in total. The number of carbonyl (C=O) groups is 1. The fourth-order valence-corrected chi connectivity index (χ4v) is 1.81. The monoisotopic (exact) mass is 265 g/mol. The standard InChI is InChI=1S/C15H23NO3/c1-3-12-6-5-7-14(10-12)19-11-15(18)16-13(4-2)8-9-17/h5-7,10,13,17H,3-4,8-9,11H2,1-2H3,(H,16,18). The van der Waals surface area contributed by atoms with Gasteiger partial charge in [-0.2, -0.15) is 0 Å². The molecule has 0 heterocycles. The zero-order chi connectivity index (χ0) is 14.1. The fraction of sp³-hybridized carbons (Fsp3) is 0.533. The van der Waals surface area contributed by atoms with Crippen LogP contribution in [-0.4, -0.2) is 30.3 Å². The molecule has 0 spiro atoms. The number of benzene rings is 1. The molecule has 0 aromatic heterocycles. The van der Waals surface area contributed by atoms with Crippen molar-refractivity contribution >= 4 is 5.91 Å². The molecule has 0 saturated heterocycles. The number of rotatable bonds is 8. The van der Waals surface area contributed by atoms with Gasteiger partial charge in [-0.25, -0.2) is 0 Å². The van der Waals surface area contributed by atoms with Crippen molar-refractivity contribution in [1.82, 2.24) is 5.32 Å². The molecule has 1 aromatic rings. The van der Waals surface area contributed by atoms with Crippen molar-refractivity contribution < 1.29 is 14.6 Å². The van der Waals surface area contributed by atoms with Gasteiger partial charge in [-0.3, -0.25) is 4.79 Å². The Hall–Kier alpha value is -1.55. The minimum Gasteiger partial charge on any atom is -0.484 e. The van der Waals surface area contributed by atoms with Crippen molar-refractivity contribution in [2.75, 3.05) is 13.2 Å². The summed E-state index contributed by atoms with van der Waals surface area (Å²) in [5.41, 5.74) is 1.18. The highest BCUT2D eigenvalue weighted by atomic mass is 16.5. The number of nitrogens with one attached hydrogen (secondary N) is 1. The summed E-state index contributed by atoms with van der Waals surface area (Å²) in [5.74, 6) is 0.562. The van der Waals surface area contributed by atoms with E-state index in [1.165, 1.54) is 5.56 Å². The van der Waals surface area contributed by atoms with Crippen molar-refractivity contribution in [1.29, 1.82) is 0 Å². The number of hydrogen-bond acceptors (Lipinski definition) is 3. The summed E-state index contributed by atoms with van der Waals surface area (Å²) >= 11 is 0. The molecule has 1 unspecified atom stereocenters. The van der Waals surface area contributed by atoms with Crippen molar-refractivity contribution in [2.45, 2.75) is 39.2 Å². The van der Waals surface area contributed by atoms with Crippen LogP contribution < -0.4 is 10.1 Å². The molecule has 1 amide bonds. The van der Waals surface area contributed by atoms with E-state index in [1.54, 1.807) is 0 Å². The maximum Gasteiger partial charge on any atom is 0.258 e. The van der Waals surface area contributed by atoms with Gasteiger partial charge in [-0.05, 0) is 37.0 Å². The second kappa shape index (κ2) is 8.53. The van der Waals surface area contributed by atoms with E-state index in [4.69, 9.17) is 9.84 Å². The number of aliphatic hydroxyl groups excluding tert-OH is 1. The van der Waals surface area contributed by atoms with Crippen molar-refractivity contribution in [3.8, 4) is 5.75 Å². The molecule has 19 heavy (non-hydrogen) atoms. The van der Waals surface area contributed by atoms with Gasteiger partial charge in [0, 0.05) is 12.6 Å². The molecule has 1 aromatic carbocycles. The maximum atomic E-state index is 11.7. The quantitative estimate of drug-likeness (QED) is 0.755. The van der Waals surface area contributed by atoms with Crippen LogP contribution in [0.4, 0.5) is 0 Å². The number of carbonyl (C=O) groups excluding carboxylic acids is 1. The third kappa shape index (κ3) is 5.75. The van der Waals surface area contributed by atoms with Crippen molar-refractivity contribution in [3.05, 3.63) is 29.8 Å². The van der Waals surface area contributed by atoms with Crippen LogP contribution in [0.2, 0.25) is 0 Å². The van der Waals surface area contributed by atoms with E-state index in [0.29, 0.717) is 12.2 Å². The third-order valence-electron chi connectivity index (χ3n) is 3.01. The van der Waals surface area contributed by atoms with Crippen molar-refractivity contribution in [2.24, 2.45) is 0 Å². The van der Waals surface area contributed by atoms with Gasteiger partial charge in [0.05, 0.1) is 0 Å². The Morgan fingerprint density at radius 1 is 1.42 bits per heavy atom. The van der Waals surface area contributed by atoms with Crippen LogP contribution in [-0.2, 0) is 11.2 Å². The minimum absolute atomic E-state index is 0.00902. The summed E-state index contributed by atoms with van der Waals surface area (Å²) in [6, 6.07) is 7.76. The highest BCUT2D eigenvalue weighted by molar-refractivity contribution is 5.77. The second-order valence-corrected chi connectivity index (χ2v) is 4.47. The lowest BCUT2D eigenvalue weighted by molar-refractivity contribution is -0.123. The van der Waals surface area contributed by atoms with E-state index >= 15 is 0 Å². The first-order valence-corrected chi connectivity index (χ1v) is 6.81. The highest BCUT2D eigenvalue weighted by Gasteiger charge is 2.10. The Balaban J connectivity index is 2.40. The van der Waals surface area contributed by atoms with Gasteiger partial charge in [0.15, 0.2) is 6.61 Å². The Morgan fingerprint density at radius 3 is 2.84 bits per heavy atom. The summed E-state index contributed by atoms with van der Waals surface area (Å²) in [5, 5.41) is 11.7. The van der Waals surface area contributed by atoms with E-state index in [-0.39, 0.29) is 25.2 Å². The van der Waals surface area contributed by atoms with Crippen LogP contribution in [0.3, 0.4) is 0 Å². The van der Waals surface area contributed by atoms with Crippen LogP contribution in [0, 0.1) is 0 Å². The second-order valence-electron chi connectivity index (χ2n) is 4.47. The third-order valence-corrected chi connectivity index (χ3v) is 3.01. The lowest BCUT2D eigenvalue weighted by atomic mass is 10.1. The summed E-state index contributed by atoms with van der Waals surface area (Å²) in [7, 11) is 0. The van der Waals surface area contributed by atoms with Gasteiger partial charge in [0.1, 0.15) is 5.75 Å². The molecule has 0 bridgehead atoms. The topological polar surface area (TPSA) is 58.6 Å². The lowest BCUT2D eigenvalue weighted by Crippen LogP contribution is -2.38. The first-order chi connectivity index (χ1) is 9.19. The van der Waals surface area contributed by atoms with Crippen LogP contribution in [0.1, 0.15) is 32.3 Å². The van der Waals surface area contributed by atoms with Crippen LogP contribution in [0.25, 0.3) is 0 Å². The van der Waals surface area contributed by atoms with E-state index in [1.807, 2.05) is 31.2 Å². The van der Waals surface area contributed by atoms with Gasteiger partial charge in [0.25, 0.3) is 5.91 Å². The predicted molar refractivity (Wildman–Crippen MR) is 75.2 cm³/mol. The molecule has 0 aliphatic heterocycles. The first kappa shape index (κ1) is 15.5. The maximum absolute atomic E-state index is 11.7. The molecule has 4 heteroatoms. The molecule has 0 radical (unpaired) electrons. The van der Waals surface area contributed by atoms with Crippen LogP contribution >= 0.6 is 0 Å². The number of aliphatic hydroxyl groups is 1. The summed E-state index contributed by atoms with van der Waals surface area (Å²) in [6.07, 6.45) is 2.32. The molecular formula is C15H23NO3. The van der Waals surface area contributed by atoms with Crippen LogP contribution in [0.15, 0.2) is 24.3 Å². The molecule has 106 valence electrons. The average Bonchev–Trinajstić information content (AvgIpc) is 2.45. The molecule has 0 aliphatic rings. The lowest BCUT2D eigenvalue weighted by Gasteiger charge is -2.16. The Labute approximate surface area is 114 Å². The predicted octanol–water partition coefficient (Wildman–Crippen LogP) is 1.90. The molecule has 0 fully saturated rings. The minimum atomic E-state index is -0.151. The smallest absolute Gasteiger partial charge is 0.258 e. The summed E-state index contributed by atoms with van der Waals surface area (Å²) in [6.45, 7) is 4.14. The molecule has 1 atom stereocenters. The average molecular weight is 265 g/mol. The van der Waals surface area contributed by atoms with Gasteiger partial charge < -0.3 is 15.2 Å². The number of amides is 1. The Bertz CT molecular complexity index is 393. The first-order valence-electron chi connectivity index (χ1n) is 6.81. The molecule has 1 rings (SSSR count). The van der Waals surface area contributed by atoms with Gasteiger partial charge in [0.2, 0.25) is 0 Å². The SMILES string of the molecule is CCc1cccc(OCC(=O)NC(CC)CCO)c1. The summed E-state index contributed by atoms with van der Waals surface area (Å²) < 4.78 is 5.46. The number of ether oxygens (including phenoxy) is 1. The largest absolute Gasteiger partial charge is 0.484 e. The van der Waals surface area contributed by atoms with Crippen molar-refractivity contribution in [3.63, 3.8) is 0 Å². The molecule has 4 nitrogen and oxygen atoms in total. The molecular weight excluding hydrogens is 242 g/mol. The highest BCUT2D eigenvalue weighted by Crippen LogP contribution is 2.13. The number of hydrogen-bond donors (Lipinski definition) is 2. The summed E-state index contributed by atoms with van der Waals surface area (Å²) in [4.78, 5) is 11.7. The molecule has 0 aliphatic carbocycles. The van der Waals surface area contributed by atoms with Crippen LogP contribution in [0.5, 0.6) is 5.75 Å². The fourth-order valence-electron chi connectivity index (χ4n) is 1.81. The van der Waals surface area contributed by atoms with Gasteiger partial charge in [-0.15, -0.1) is 0 Å². The normalized spacial score (nSPS) is 11.9. The van der Waals surface area contributed by atoms with E-state index in [0.717, 1.165) is 12.8 Å². The van der Waals surface area contributed by atoms with E-state index in [9.17, 15) is 4.79 Å². The number of aryl methyl sites for hydroxylation is 1. The molecule has 0 saturated carbocycles. The van der Waals surface area contributed by atoms with E-state index < -0.39 is 0 Å². The Morgan fingerprint density at radius 2 is 2.21 bits per heavy atom. The Kier molecular flexibility index (Phi) is 6.97. The zero-order valence-electron chi connectivity index (χ0n) is 11.7. The van der Waals surface area contributed by atoms with E-state index in [2.05, 4.69) is 12.2 Å². The zero-order valence-corrected chi connectivity index (χ0v) is 11.7. The van der Waals surface area contributed by atoms with Gasteiger partial charge in [-0.1, -0.05) is 26.0 Å².